The lowest BCUT2D eigenvalue weighted by atomic mass is 9.96. The van der Waals surface area contributed by atoms with Gasteiger partial charge in [0.15, 0.2) is 0 Å². The van der Waals surface area contributed by atoms with Gasteiger partial charge in [-0.1, -0.05) is 33.8 Å². The first-order valence-corrected chi connectivity index (χ1v) is 12.4. The van der Waals surface area contributed by atoms with E-state index in [-0.39, 0.29) is 36.2 Å². The molecule has 0 aromatic rings. The summed E-state index contributed by atoms with van der Waals surface area (Å²) >= 11 is 0. The van der Waals surface area contributed by atoms with E-state index in [0.717, 1.165) is 0 Å². The third kappa shape index (κ3) is 11.9. The van der Waals surface area contributed by atoms with Crippen LogP contribution in [-0.2, 0) is 28.7 Å². The molecule has 0 aromatic carbocycles. The van der Waals surface area contributed by atoms with Crippen molar-refractivity contribution < 1.29 is 28.7 Å². The van der Waals surface area contributed by atoms with E-state index in [1.165, 1.54) is 19.1 Å². The molecule has 1 rings (SSSR count). The van der Waals surface area contributed by atoms with Crippen LogP contribution in [0.2, 0.25) is 0 Å². The summed E-state index contributed by atoms with van der Waals surface area (Å²) in [5.41, 5.74) is 0. The van der Waals surface area contributed by atoms with Crippen LogP contribution in [0.15, 0.2) is 12.2 Å². The molecule has 0 saturated carbocycles. The maximum Gasteiger partial charge on any atom is 0.330 e. The number of hydrogen-bond donors (Lipinski definition) is 4. The Morgan fingerprint density at radius 2 is 1.57 bits per heavy atom. The molecule has 4 atom stereocenters. The Labute approximate surface area is 208 Å². The molecule has 10 heteroatoms. The number of amides is 4. The van der Waals surface area contributed by atoms with Gasteiger partial charge in [0.05, 0.1) is 6.61 Å². The molecule has 10 nitrogen and oxygen atoms in total. The molecule has 4 amide bonds. The Morgan fingerprint density at radius 1 is 1.00 bits per heavy atom. The zero-order chi connectivity index (χ0) is 26.5. The van der Waals surface area contributed by atoms with Gasteiger partial charge in [-0.2, -0.15) is 0 Å². The summed E-state index contributed by atoms with van der Waals surface area (Å²) in [5.74, 6) is -1.84. The quantitative estimate of drug-likeness (QED) is 0.211. The Hall–Kier alpha value is -2.91. The van der Waals surface area contributed by atoms with Gasteiger partial charge in [0, 0.05) is 31.5 Å². The monoisotopic (exact) mass is 494 g/mol. The van der Waals surface area contributed by atoms with Crippen LogP contribution in [0.25, 0.3) is 0 Å². The molecule has 1 heterocycles. The molecule has 0 spiro atoms. The molecule has 1 aliphatic heterocycles. The molecule has 35 heavy (non-hydrogen) atoms. The standard InChI is InChI=1S/C25H42N4O6/c1-7-35-22(31)9-8-19(14-18-10-11-26-23(18)32)28-24(33)21(13-16(4)5)29-25(34)20(12-15(2)3)27-17(6)30/h8-9,15-16,18-21H,7,10-14H2,1-6H3,(H,26,32)(H,27,30)(H,28,33)(H,29,34)/b9-8+/t18?,19-,20+,21+/m1/s1. The van der Waals surface area contributed by atoms with Crippen molar-refractivity contribution in [2.45, 2.75) is 85.4 Å². The predicted molar refractivity (Wildman–Crippen MR) is 132 cm³/mol. The molecule has 4 N–H and O–H groups in total. The van der Waals surface area contributed by atoms with Crippen LogP contribution in [0.5, 0.6) is 0 Å². The van der Waals surface area contributed by atoms with Gasteiger partial charge in [-0.3, -0.25) is 19.2 Å². The lowest BCUT2D eigenvalue weighted by Crippen LogP contribution is -2.55. The molecular weight excluding hydrogens is 452 g/mol. The third-order valence-corrected chi connectivity index (χ3v) is 5.52. The van der Waals surface area contributed by atoms with E-state index in [2.05, 4.69) is 21.3 Å². The van der Waals surface area contributed by atoms with Crippen molar-refractivity contribution >= 4 is 29.6 Å². The summed E-state index contributed by atoms with van der Waals surface area (Å²) in [4.78, 5) is 61.7. The summed E-state index contributed by atoms with van der Waals surface area (Å²) in [5, 5.41) is 11.1. The van der Waals surface area contributed by atoms with Gasteiger partial charge in [-0.25, -0.2) is 4.79 Å². The highest BCUT2D eigenvalue weighted by Gasteiger charge is 2.31. The molecule has 0 radical (unpaired) electrons. The minimum absolute atomic E-state index is 0.0901. The second kappa shape index (κ2) is 15.2. The summed E-state index contributed by atoms with van der Waals surface area (Å²) in [6, 6.07) is -2.20. The average molecular weight is 495 g/mol. The number of hydrogen-bond acceptors (Lipinski definition) is 6. The van der Waals surface area contributed by atoms with Crippen LogP contribution in [-0.4, -0.2) is 60.9 Å². The van der Waals surface area contributed by atoms with Crippen LogP contribution in [0.1, 0.15) is 67.2 Å². The minimum atomic E-state index is -0.846. The molecule has 0 aliphatic carbocycles. The first-order valence-electron chi connectivity index (χ1n) is 12.4. The second-order valence-electron chi connectivity index (χ2n) is 9.81. The van der Waals surface area contributed by atoms with E-state index >= 15 is 0 Å². The van der Waals surface area contributed by atoms with Gasteiger partial charge in [0.1, 0.15) is 12.1 Å². The van der Waals surface area contributed by atoms with Gasteiger partial charge in [0.2, 0.25) is 23.6 Å². The topological polar surface area (TPSA) is 143 Å². The highest BCUT2D eigenvalue weighted by molar-refractivity contribution is 5.92. The van der Waals surface area contributed by atoms with Gasteiger partial charge >= 0.3 is 5.97 Å². The number of carbonyl (C=O) groups is 5. The zero-order valence-corrected chi connectivity index (χ0v) is 21.8. The Morgan fingerprint density at radius 3 is 2.06 bits per heavy atom. The largest absolute Gasteiger partial charge is 0.463 e. The molecule has 1 fully saturated rings. The number of carbonyl (C=O) groups excluding carboxylic acids is 5. The van der Waals surface area contributed by atoms with Crippen molar-refractivity contribution in [2.75, 3.05) is 13.2 Å². The van der Waals surface area contributed by atoms with E-state index in [9.17, 15) is 24.0 Å². The molecule has 1 aliphatic rings. The van der Waals surface area contributed by atoms with E-state index < -0.39 is 35.9 Å². The summed E-state index contributed by atoms with van der Waals surface area (Å²) < 4.78 is 4.92. The summed E-state index contributed by atoms with van der Waals surface area (Å²) in [7, 11) is 0. The van der Waals surface area contributed by atoms with Crippen molar-refractivity contribution in [2.24, 2.45) is 17.8 Å². The minimum Gasteiger partial charge on any atom is -0.463 e. The smallest absolute Gasteiger partial charge is 0.330 e. The van der Waals surface area contributed by atoms with Crippen molar-refractivity contribution in [3.05, 3.63) is 12.2 Å². The molecule has 0 aromatic heterocycles. The Balaban J connectivity index is 3.02. The van der Waals surface area contributed by atoms with Gasteiger partial charge < -0.3 is 26.0 Å². The van der Waals surface area contributed by atoms with Gasteiger partial charge in [-0.15, -0.1) is 0 Å². The predicted octanol–water partition coefficient (Wildman–Crippen LogP) is 1.20. The molecule has 198 valence electrons. The fourth-order valence-corrected chi connectivity index (χ4v) is 3.95. The van der Waals surface area contributed by atoms with E-state index in [0.29, 0.717) is 32.2 Å². The van der Waals surface area contributed by atoms with Crippen LogP contribution in [0.4, 0.5) is 0 Å². The van der Waals surface area contributed by atoms with Crippen molar-refractivity contribution in [1.29, 1.82) is 0 Å². The zero-order valence-electron chi connectivity index (χ0n) is 21.8. The molecule has 0 bridgehead atoms. The second-order valence-corrected chi connectivity index (χ2v) is 9.81. The third-order valence-electron chi connectivity index (χ3n) is 5.52. The molecular formula is C25H42N4O6. The fraction of sp³-hybridized carbons (Fsp3) is 0.720. The Bertz CT molecular complexity index is 780. The summed E-state index contributed by atoms with van der Waals surface area (Å²) in [6.07, 6.45) is 4.53. The van der Waals surface area contributed by atoms with Crippen LogP contribution >= 0.6 is 0 Å². The van der Waals surface area contributed by atoms with E-state index in [1.54, 1.807) is 6.92 Å². The maximum atomic E-state index is 13.3. The first-order chi connectivity index (χ1) is 16.4. The molecule has 1 saturated heterocycles. The molecule has 1 unspecified atom stereocenters. The highest BCUT2D eigenvalue weighted by Crippen LogP contribution is 2.17. The normalized spacial score (nSPS) is 18.2. The first kappa shape index (κ1) is 30.1. The van der Waals surface area contributed by atoms with Crippen LogP contribution in [0, 0.1) is 17.8 Å². The lowest BCUT2D eigenvalue weighted by molar-refractivity contribution is -0.137. The Kier molecular flexibility index (Phi) is 13.0. The fourth-order valence-electron chi connectivity index (χ4n) is 3.95. The number of rotatable bonds is 14. The van der Waals surface area contributed by atoms with Crippen molar-refractivity contribution in [1.82, 2.24) is 21.3 Å². The van der Waals surface area contributed by atoms with Crippen molar-refractivity contribution in [3.63, 3.8) is 0 Å². The average Bonchev–Trinajstić information content (AvgIpc) is 3.14. The van der Waals surface area contributed by atoms with Crippen molar-refractivity contribution in [3.8, 4) is 0 Å². The number of esters is 1. The van der Waals surface area contributed by atoms with E-state index in [4.69, 9.17) is 4.74 Å². The number of ether oxygens (including phenoxy) is 1. The highest BCUT2D eigenvalue weighted by atomic mass is 16.5. The SMILES string of the molecule is CCOC(=O)/C=C/[C@H](CC1CCNC1=O)NC(=O)[C@H](CC(C)C)NC(=O)[C@H](CC(C)C)NC(C)=O. The van der Waals surface area contributed by atoms with E-state index in [1.807, 2.05) is 27.7 Å². The maximum absolute atomic E-state index is 13.3. The van der Waals surface area contributed by atoms with Crippen LogP contribution in [0.3, 0.4) is 0 Å². The van der Waals surface area contributed by atoms with Gasteiger partial charge in [-0.05, 0) is 44.4 Å². The summed E-state index contributed by atoms with van der Waals surface area (Å²) in [6.45, 7) is 11.6. The lowest BCUT2D eigenvalue weighted by Gasteiger charge is -2.26. The van der Waals surface area contributed by atoms with Crippen LogP contribution < -0.4 is 21.3 Å². The number of nitrogens with one attached hydrogen (secondary N) is 4. The van der Waals surface area contributed by atoms with Gasteiger partial charge in [0.25, 0.3) is 0 Å².